The van der Waals surface area contributed by atoms with Gasteiger partial charge in [-0.25, -0.2) is 9.97 Å². The molecular weight excluding hydrogens is 284 g/mol. The first-order valence-electron chi connectivity index (χ1n) is 6.95. The third kappa shape index (κ3) is 4.99. The molecule has 0 amide bonds. The normalized spacial score (nSPS) is 11.0. The zero-order valence-corrected chi connectivity index (χ0v) is 13.3. The van der Waals surface area contributed by atoms with Gasteiger partial charge in [0.15, 0.2) is 5.16 Å². The Bertz CT molecular complexity index is 654. The molecule has 2 aromatic rings. The monoisotopic (exact) mass is 304 g/mol. The van der Waals surface area contributed by atoms with E-state index in [1.54, 1.807) is 6.20 Å². The molecule has 0 unspecified atom stereocenters. The predicted octanol–water partition coefficient (Wildman–Crippen LogP) is 2.37. The van der Waals surface area contributed by atoms with Gasteiger partial charge in [-0.05, 0) is 42.8 Å². The molecule has 2 aromatic heterocycles. The van der Waals surface area contributed by atoms with Gasteiger partial charge in [-0.15, -0.1) is 0 Å². The van der Waals surface area contributed by atoms with Crippen molar-refractivity contribution in [3.8, 4) is 0 Å². The molecule has 2 heterocycles. The summed E-state index contributed by atoms with van der Waals surface area (Å²) in [4.78, 5) is 22.9. The zero-order chi connectivity index (χ0) is 15.2. The van der Waals surface area contributed by atoms with Crippen LogP contribution in [0.5, 0.6) is 0 Å². The minimum absolute atomic E-state index is 0.139. The van der Waals surface area contributed by atoms with Gasteiger partial charge in [0.25, 0.3) is 5.56 Å². The molecule has 0 fully saturated rings. The molecule has 21 heavy (non-hydrogen) atoms. The topological polar surface area (TPSA) is 70.7 Å². The average molecular weight is 304 g/mol. The Morgan fingerprint density at radius 1 is 1.43 bits per heavy atom. The van der Waals surface area contributed by atoms with E-state index in [4.69, 9.17) is 0 Å². The largest absolute Gasteiger partial charge is 0.312 e. The minimum atomic E-state index is -0.139. The second-order valence-corrected chi connectivity index (χ2v) is 6.26. The van der Waals surface area contributed by atoms with Gasteiger partial charge in [-0.1, -0.05) is 19.9 Å². The number of hydrogen-bond donors (Lipinski definition) is 2. The van der Waals surface area contributed by atoms with Crippen molar-refractivity contribution < 1.29 is 0 Å². The summed E-state index contributed by atoms with van der Waals surface area (Å²) in [6.45, 7) is 7.87. The van der Waals surface area contributed by atoms with Crippen molar-refractivity contribution in [2.24, 2.45) is 5.92 Å². The Hall–Kier alpha value is -1.66. The first-order chi connectivity index (χ1) is 10.0. The van der Waals surface area contributed by atoms with E-state index in [0.29, 0.717) is 16.8 Å². The molecule has 0 aliphatic carbocycles. The first kappa shape index (κ1) is 15.7. The lowest BCUT2D eigenvalue weighted by atomic mass is 10.2. The quantitative estimate of drug-likeness (QED) is 0.802. The second kappa shape index (κ2) is 7.38. The minimum Gasteiger partial charge on any atom is -0.312 e. The van der Waals surface area contributed by atoms with Crippen LogP contribution in [0.4, 0.5) is 0 Å². The van der Waals surface area contributed by atoms with Gasteiger partial charge < -0.3 is 10.3 Å². The standard InChI is InChI=1S/C15H20N4OS/c1-10(2)8-16-9-12-5-4-6-17-14(12)21-15-18-11(3)7-13(20)19-15/h4-7,10,16H,8-9H2,1-3H3,(H,18,19,20). The van der Waals surface area contributed by atoms with Crippen molar-refractivity contribution in [3.05, 3.63) is 46.0 Å². The maximum atomic E-state index is 11.5. The number of aryl methyl sites for hydroxylation is 1. The zero-order valence-electron chi connectivity index (χ0n) is 12.5. The lowest BCUT2D eigenvalue weighted by Gasteiger charge is -2.10. The van der Waals surface area contributed by atoms with Crippen LogP contribution in [-0.4, -0.2) is 21.5 Å². The number of hydrogen-bond acceptors (Lipinski definition) is 5. The number of H-pyrrole nitrogens is 1. The highest BCUT2D eigenvalue weighted by molar-refractivity contribution is 7.99. The van der Waals surface area contributed by atoms with Crippen LogP contribution in [0, 0.1) is 12.8 Å². The summed E-state index contributed by atoms with van der Waals surface area (Å²) in [7, 11) is 0. The van der Waals surface area contributed by atoms with Crippen molar-refractivity contribution >= 4 is 11.8 Å². The summed E-state index contributed by atoms with van der Waals surface area (Å²) < 4.78 is 0. The third-order valence-corrected chi connectivity index (χ3v) is 3.71. The first-order valence-corrected chi connectivity index (χ1v) is 7.76. The van der Waals surface area contributed by atoms with E-state index in [1.165, 1.54) is 17.8 Å². The van der Waals surface area contributed by atoms with E-state index >= 15 is 0 Å². The number of pyridine rings is 1. The van der Waals surface area contributed by atoms with E-state index in [2.05, 4.69) is 34.1 Å². The van der Waals surface area contributed by atoms with Crippen LogP contribution in [0.25, 0.3) is 0 Å². The Morgan fingerprint density at radius 3 is 2.95 bits per heavy atom. The van der Waals surface area contributed by atoms with Gasteiger partial charge in [0, 0.05) is 24.5 Å². The Morgan fingerprint density at radius 2 is 2.24 bits per heavy atom. The fourth-order valence-electron chi connectivity index (χ4n) is 1.84. The number of rotatable bonds is 6. The molecule has 2 N–H and O–H groups in total. The number of aromatic nitrogens is 3. The van der Waals surface area contributed by atoms with Crippen molar-refractivity contribution in [2.45, 2.75) is 37.5 Å². The van der Waals surface area contributed by atoms with Gasteiger partial charge in [-0.3, -0.25) is 4.79 Å². The van der Waals surface area contributed by atoms with Gasteiger partial charge in [0.2, 0.25) is 0 Å². The molecule has 2 rings (SSSR count). The Kier molecular flexibility index (Phi) is 5.52. The van der Waals surface area contributed by atoms with E-state index in [0.717, 1.165) is 23.7 Å². The van der Waals surface area contributed by atoms with Crippen LogP contribution in [0.2, 0.25) is 0 Å². The van der Waals surface area contributed by atoms with Crippen LogP contribution in [0.15, 0.2) is 39.4 Å². The fraction of sp³-hybridized carbons (Fsp3) is 0.400. The molecule has 6 heteroatoms. The van der Waals surface area contributed by atoms with Crippen LogP contribution in [-0.2, 0) is 6.54 Å². The molecule has 112 valence electrons. The molecule has 0 saturated heterocycles. The highest BCUT2D eigenvalue weighted by atomic mass is 32.2. The van der Waals surface area contributed by atoms with E-state index in [1.807, 2.05) is 19.1 Å². The van der Waals surface area contributed by atoms with Gasteiger partial charge in [-0.2, -0.15) is 0 Å². The molecule has 0 aliphatic heterocycles. The molecule has 0 radical (unpaired) electrons. The van der Waals surface area contributed by atoms with Gasteiger partial charge in [0.05, 0.1) is 0 Å². The van der Waals surface area contributed by atoms with Crippen molar-refractivity contribution in [2.75, 3.05) is 6.54 Å². The lowest BCUT2D eigenvalue weighted by molar-refractivity contribution is 0.548. The molecular formula is C15H20N4OS. The van der Waals surface area contributed by atoms with Crippen LogP contribution in [0.1, 0.15) is 25.1 Å². The van der Waals surface area contributed by atoms with Crippen LogP contribution in [0.3, 0.4) is 0 Å². The SMILES string of the molecule is Cc1cc(=O)[nH]c(Sc2ncccc2CNCC(C)C)n1. The molecule has 0 aliphatic rings. The molecule has 0 spiro atoms. The summed E-state index contributed by atoms with van der Waals surface area (Å²) in [5.74, 6) is 0.604. The highest BCUT2D eigenvalue weighted by Crippen LogP contribution is 2.25. The second-order valence-electron chi connectivity index (χ2n) is 5.29. The van der Waals surface area contributed by atoms with Crippen LogP contribution >= 0.6 is 11.8 Å². The van der Waals surface area contributed by atoms with E-state index in [-0.39, 0.29) is 5.56 Å². The van der Waals surface area contributed by atoms with Gasteiger partial charge >= 0.3 is 0 Å². The van der Waals surface area contributed by atoms with Crippen molar-refractivity contribution in [1.29, 1.82) is 0 Å². The summed E-state index contributed by atoms with van der Waals surface area (Å²) in [5.41, 5.74) is 1.67. The van der Waals surface area contributed by atoms with Crippen LogP contribution < -0.4 is 10.9 Å². The number of aromatic amines is 1. The maximum Gasteiger partial charge on any atom is 0.251 e. The maximum absolute atomic E-state index is 11.5. The Labute approximate surface area is 128 Å². The molecule has 0 atom stereocenters. The highest BCUT2D eigenvalue weighted by Gasteiger charge is 2.08. The van der Waals surface area contributed by atoms with E-state index < -0.39 is 0 Å². The summed E-state index contributed by atoms with van der Waals surface area (Å²) in [6.07, 6.45) is 1.75. The van der Waals surface area contributed by atoms with E-state index in [9.17, 15) is 4.79 Å². The van der Waals surface area contributed by atoms with Gasteiger partial charge in [0.1, 0.15) is 5.03 Å². The predicted molar refractivity (Wildman–Crippen MR) is 84.5 cm³/mol. The average Bonchev–Trinajstić information content (AvgIpc) is 2.39. The number of nitrogens with one attached hydrogen (secondary N) is 2. The smallest absolute Gasteiger partial charge is 0.251 e. The van der Waals surface area contributed by atoms with Crippen molar-refractivity contribution in [1.82, 2.24) is 20.3 Å². The Balaban J connectivity index is 2.14. The third-order valence-electron chi connectivity index (χ3n) is 2.76. The molecule has 5 nitrogen and oxygen atoms in total. The molecule has 0 saturated carbocycles. The summed E-state index contributed by atoms with van der Waals surface area (Å²) in [5, 5.41) is 4.84. The summed E-state index contributed by atoms with van der Waals surface area (Å²) in [6, 6.07) is 5.44. The molecule has 0 bridgehead atoms. The molecule has 0 aromatic carbocycles. The lowest BCUT2D eigenvalue weighted by Crippen LogP contribution is -2.19. The van der Waals surface area contributed by atoms with Crippen molar-refractivity contribution in [3.63, 3.8) is 0 Å². The fourth-order valence-corrected chi connectivity index (χ4v) is 2.75. The summed E-state index contributed by atoms with van der Waals surface area (Å²) >= 11 is 1.38. The number of nitrogens with zero attached hydrogens (tertiary/aromatic N) is 2.